The first-order chi connectivity index (χ1) is 9.13. The van der Waals surface area contributed by atoms with Gasteiger partial charge in [0.25, 0.3) is 0 Å². The van der Waals surface area contributed by atoms with Gasteiger partial charge in [-0.3, -0.25) is 0 Å². The minimum absolute atomic E-state index is 0.642. The maximum Gasteiger partial charge on any atom is 0.0602 e. The Balaban J connectivity index is 2.32. The molecule has 2 N–H and O–H groups in total. The molecule has 2 rings (SSSR count). The van der Waals surface area contributed by atoms with Crippen LogP contribution in [0.4, 0.5) is 11.4 Å². The minimum atomic E-state index is 0.642. The average molecular weight is 295 g/mol. The van der Waals surface area contributed by atoms with E-state index in [0.29, 0.717) is 16.6 Å². The smallest absolute Gasteiger partial charge is 0.0602 e. The molecule has 0 heterocycles. The predicted molar refractivity (Wildman–Crippen MR) is 84.0 cm³/mol. The van der Waals surface area contributed by atoms with Crippen molar-refractivity contribution in [3.63, 3.8) is 0 Å². The zero-order valence-corrected chi connectivity index (χ0v) is 12.2. The van der Waals surface area contributed by atoms with Gasteiger partial charge in [0.15, 0.2) is 0 Å². The molecule has 0 unspecified atom stereocenters. The second kappa shape index (κ2) is 6.18. The molecule has 0 spiro atoms. The lowest BCUT2D eigenvalue weighted by Crippen LogP contribution is -2.23. The molecular weight excluding hydrogens is 279 g/mol. The Morgan fingerprint density at radius 3 is 2.21 bits per heavy atom. The molecule has 2 aromatic rings. The third-order valence-corrected chi connectivity index (χ3v) is 3.78. The summed E-state index contributed by atoms with van der Waals surface area (Å²) in [6.45, 7) is 3.55. The Bertz CT molecular complexity index is 550. The molecular formula is C15H16Cl2N2. The molecule has 0 bridgehead atoms. The van der Waals surface area contributed by atoms with E-state index in [1.165, 1.54) is 0 Å². The summed E-state index contributed by atoms with van der Waals surface area (Å²) in [6, 6.07) is 13.4. The molecule has 0 atom stereocenters. The maximum absolute atomic E-state index is 6.22. The Morgan fingerprint density at radius 2 is 1.63 bits per heavy atom. The van der Waals surface area contributed by atoms with Crippen molar-refractivity contribution in [1.82, 2.24) is 0 Å². The monoisotopic (exact) mass is 294 g/mol. The van der Waals surface area contributed by atoms with E-state index in [0.717, 1.165) is 23.5 Å². The van der Waals surface area contributed by atoms with E-state index < -0.39 is 0 Å². The van der Waals surface area contributed by atoms with E-state index in [-0.39, 0.29) is 0 Å². The van der Waals surface area contributed by atoms with E-state index >= 15 is 0 Å². The molecule has 0 aliphatic rings. The highest BCUT2D eigenvalue weighted by Crippen LogP contribution is 2.29. The fourth-order valence-electron chi connectivity index (χ4n) is 2.02. The predicted octanol–water partition coefficient (Wildman–Crippen LogP) is 4.60. The first kappa shape index (κ1) is 14.0. The second-order valence-electron chi connectivity index (χ2n) is 4.27. The van der Waals surface area contributed by atoms with Crippen LogP contribution >= 0.6 is 23.2 Å². The van der Waals surface area contributed by atoms with Gasteiger partial charge in [0, 0.05) is 28.7 Å². The van der Waals surface area contributed by atoms with Gasteiger partial charge in [0.1, 0.15) is 0 Å². The lowest BCUT2D eigenvalue weighted by molar-refractivity contribution is 0.833. The van der Waals surface area contributed by atoms with Crippen LogP contribution in [0.1, 0.15) is 12.5 Å². The lowest BCUT2D eigenvalue weighted by atomic mass is 10.1. The average Bonchev–Trinajstić information content (AvgIpc) is 2.40. The third-order valence-electron chi connectivity index (χ3n) is 3.07. The number of hydrogen-bond donors (Lipinski definition) is 1. The van der Waals surface area contributed by atoms with Crippen molar-refractivity contribution in [2.24, 2.45) is 0 Å². The van der Waals surface area contributed by atoms with Gasteiger partial charge in [0.05, 0.1) is 11.4 Å². The number of nitrogen functional groups attached to an aromatic ring is 1. The fourth-order valence-corrected chi connectivity index (χ4v) is 2.53. The van der Waals surface area contributed by atoms with Crippen LogP contribution in [-0.4, -0.2) is 6.54 Å². The number of nitrogens with two attached hydrogens (primary N) is 1. The highest BCUT2D eigenvalue weighted by molar-refractivity contribution is 6.36. The van der Waals surface area contributed by atoms with Crippen molar-refractivity contribution in [3.8, 4) is 0 Å². The number of rotatable bonds is 4. The van der Waals surface area contributed by atoms with Crippen LogP contribution in [0.2, 0.25) is 10.0 Å². The summed E-state index contributed by atoms with van der Waals surface area (Å²) < 4.78 is 0. The summed E-state index contributed by atoms with van der Waals surface area (Å²) in [5.74, 6) is 0. The standard InChI is InChI=1S/C15H16Cl2N2/c1-2-19(15-9-4-3-8-14(15)18)10-11-12(16)6-5-7-13(11)17/h3-9H,2,10,18H2,1H3. The number of halogens is 2. The summed E-state index contributed by atoms with van der Waals surface area (Å²) in [5.41, 5.74) is 8.70. The van der Waals surface area contributed by atoms with Gasteiger partial charge < -0.3 is 10.6 Å². The van der Waals surface area contributed by atoms with Crippen LogP contribution in [0.5, 0.6) is 0 Å². The fraction of sp³-hybridized carbons (Fsp3) is 0.200. The molecule has 0 fully saturated rings. The van der Waals surface area contributed by atoms with E-state index in [9.17, 15) is 0 Å². The third kappa shape index (κ3) is 3.14. The van der Waals surface area contributed by atoms with Gasteiger partial charge in [-0.25, -0.2) is 0 Å². The Morgan fingerprint density at radius 1 is 1.00 bits per heavy atom. The van der Waals surface area contributed by atoms with Gasteiger partial charge in [0.2, 0.25) is 0 Å². The van der Waals surface area contributed by atoms with E-state index in [2.05, 4.69) is 11.8 Å². The number of anilines is 2. The van der Waals surface area contributed by atoms with Crippen LogP contribution in [0.3, 0.4) is 0 Å². The molecule has 0 amide bonds. The highest BCUT2D eigenvalue weighted by atomic mass is 35.5. The SMILES string of the molecule is CCN(Cc1c(Cl)cccc1Cl)c1ccccc1N. The largest absolute Gasteiger partial charge is 0.397 e. The second-order valence-corrected chi connectivity index (χ2v) is 5.09. The lowest BCUT2D eigenvalue weighted by Gasteiger charge is -2.25. The van der Waals surface area contributed by atoms with Crippen molar-refractivity contribution in [3.05, 3.63) is 58.1 Å². The molecule has 0 aliphatic heterocycles. The zero-order chi connectivity index (χ0) is 13.8. The van der Waals surface area contributed by atoms with E-state index in [4.69, 9.17) is 28.9 Å². The van der Waals surface area contributed by atoms with E-state index in [1.54, 1.807) is 0 Å². The van der Waals surface area contributed by atoms with Gasteiger partial charge >= 0.3 is 0 Å². The summed E-state index contributed by atoms with van der Waals surface area (Å²) in [7, 11) is 0. The molecule has 2 nitrogen and oxygen atoms in total. The van der Waals surface area contributed by atoms with Crippen molar-refractivity contribution in [2.45, 2.75) is 13.5 Å². The number of nitrogens with zero attached hydrogens (tertiary/aromatic N) is 1. The van der Waals surface area contributed by atoms with Gasteiger partial charge in [-0.1, -0.05) is 41.4 Å². The zero-order valence-electron chi connectivity index (χ0n) is 10.7. The Hall–Kier alpha value is -1.38. The number of hydrogen-bond acceptors (Lipinski definition) is 2. The van der Waals surface area contributed by atoms with Crippen molar-refractivity contribution < 1.29 is 0 Å². The summed E-state index contributed by atoms with van der Waals surface area (Å²) in [4.78, 5) is 2.16. The van der Waals surface area contributed by atoms with Crippen LogP contribution in [0.15, 0.2) is 42.5 Å². The number of benzene rings is 2. The molecule has 0 radical (unpaired) electrons. The minimum Gasteiger partial charge on any atom is -0.397 e. The quantitative estimate of drug-likeness (QED) is 0.835. The first-order valence-corrected chi connectivity index (χ1v) is 6.91. The van der Waals surface area contributed by atoms with Crippen molar-refractivity contribution in [2.75, 3.05) is 17.2 Å². The Labute approximate surface area is 123 Å². The van der Waals surface area contributed by atoms with Gasteiger partial charge in [-0.15, -0.1) is 0 Å². The van der Waals surface area contributed by atoms with Gasteiger partial charge in [-0.05, 0) is 31.2 Å². The van der Waals surface area contributed by atoms with Crippen molar-refractivity contribution >= 4 is 34.6 Å². The first-order valence-electron chi connectivity index (χ1n) is 6.15. The Kier molecular flexibility index (Phi) is 4.56. The topological polar surface area (TPSA) is 29.3 Å². The molecule has 100 valence electrons. The molecule has 0 aliphatic carbocycles. The normalized spacial score (nSPS) is 10.5. The molecule has 2 aromatic carbocycles. The van der Waals surface area contributed by atoms with Crippen LogP contribution in [0.25, 0.3) is 0 Å². The van der Waals surface area contributed by atoms with E-state index in [1.807, 2.05) is 42.5 Å². The molecule has 4 heteroatoms. The van der Waals surface area contributed by atoms with Gasteiger partial charge in [-0.2, -0.15) is 0 Å². The summed E-state index contributed by atoms with van der Waals surface area (Å²) in [6.07, 6.45) is 0. The molecule has 0 saturated heterocycles. The summed E-state index contributed by atoms with van der Waals surface area (Å²) >= 11 is 12.4. The summed E-state index contributed by atoms with van der Waals surface area (Å²) in [5, 5.41) is 1.36. The molecule has 0 aromatic heterocycles. The van der Waals surface area contributed by atoms with Crippen LogP contribution in [-0.2, 0) is 6.54 Å². The molecule has 0 saturated carbocycles. The van der Waals surface area contributed by atoms with Crippen LogP contribution < -0.4 is 10.6 Å². The highest BCUT2D eigenvalue weighted by Gasteiger charge is 2.12. The number of para-hydroxylation sites is 2. The van der Waals surface area contributed by atoms with Crippen molar-refractivity contribution in [1.29, 1.82) is 0 Å². The maximum atomic E-state index is 6.22. The molecule has 19 heavy (non-hydrogen) atoms. The van der Waals surface area contributed by atoms with Crippen LogP contribution in [0, 0.1) is 0 Å².